The lowest BCUT2D eigenvalue weighted by Crippen LogP contribution is -3.00. The van der Waals surface area contributed by atoms with Crippen LogP contribution in [-0.4, -0.2) is 0 Å². The van der Waals surface area contributed by atoms with E-state index >= 15 is 0 Å². The molecule has 2 aromatic rings. The zero-order valence-electron chi connectivity index (χ0n) is 6.81. The molecule has 13 heavy (non-hydrogen) atoms. The van der Waals surface area contributed by atoms with Crippen LogP contribution in [0, 0.1) is 5.39 Å². The standard InChI is InChI=1S/C10H7N2.ClH/c11-12-10-7-3-5-8-4-1-2-6-9(8)10;/h1-7H;1H/q+1;/p-1. The first-order chi connectivity index (χ1) is 5.92. The molecule has 0 atom stereocenters. The summed E-state index contributed by atoms with van der Waals surface area (Å²) in [5.74, 6) is 0. The number of nitrogens with zero attached hydrogens (tertiary/aromatic N) is 2. The first-order valence-corrected chi connectivity index (χ1v) is 3.74. The van der Waals surface area contributed by atoms with Crippen LogP contribution in [0.25, 0.3) is 15.7 Å². The minimum Gasteiger partial charge on any atom is -1.00 e. The quantitative estimate of drug-likeness (QED) is 0.551. The molecule has 0 aliphatic carbocycles. The molecule has 0 spiro atoms. The Labute approximate surface area is 82.2 Å². The summed E-state index contributed by atoms with van der Waals surface area (Å²) in [6, 6.07) is 13.5. The summed E-state index contributed by atoms with van der Waals surface area (Å²) < 4.78 is 0. The summed E-state index contributed by atoms with van der Waals surface area (Å²) in [5.41, 5.74) is 0.619. The van der Waals surface area contributed by atoms with Gasteiger partial charge in [-0.05, 0) is 11.5 Å². The maximum absolute atomic E-state index is 8.66. The highest BCUT2D eigenvalue weighted by molar-refractivity contribution is 5.93. The highest BCUT2D eigenvalue weighted by Gasteiger charge is 2.08. The maximum atomic E-state index is 8.66. The fraction of sp³-hybridized carbons (Fsp3) is 0. The predicted molar refractivity (Wildman–Crippen MR) is 48.7 cm³/mol. The van der Waals surface area contributed by atoms with Crippen molar-refractivity contribution < 1.29 is 12.4 Å². The highest BCUT2D eigenvalue weighted by Crippen LogP contribution is 2.24. The zero-order chi connectivity index (χ0) is 8.39. The molecule has 0 unspecified atom stereocenters. The van der Waals surface area contributed by atoms with Gasteiger partial charge in [-0.1, -0.05) is 30.3 Å². The SMILES string of the molecule is N#[N+]c1cccc2ccccc12.[Cl-]. The molecule has 0 saturated carbocycles. The molecule has 0 aliphatic heterocycles. The minimum absolute atomic E-state index is 0. The van der Waals surface area contributed by atoms with Crippen molar-refractivity contribution in [1.82, 2.24) is 0 Å². The molecular formula is C10H7ClN2. The van der Waals surface area contributed by atoms with E-state index in [-0.39, 0.29) is 12.4 Å². The largest absolute Gasteiger partial charge is 1.00 e. The number of rotatable bonds is 0. The fourth-order valence-corrected chi connectivity index (χ4v) is 1.30. The lowest BCUT2D eigenvalue weighted by atomic mass is 10.1. The van der Waals surface area contributed by atoms with E-state index in [0.717, 1.165) is 10.8 Å². The number of halogens is 1. The molecule has 2 rings (SSSR count). The van der Waals surface area contributed by atoms with E-state index in [4.69, 9.17) is 5.39 Å². The predicted octanol–water partition coefficient (Wildman–Crippen LogP) is 0.328. The summed E-state index contributed by atoms with van der Waals surface area (Å²) in [4.78, 5) is 3.20. The Morgan fingerprint density at radius 3 is 2.38 bits per heavy atom. The number of hydrogen-bond donors (Lipinski definition) is 0. The molecule has 0 bridgehead atoms. The monoisotopic (exact) mass is 190 g/mol. The van der Waals surface area contributed by atoms with Gasteiger partial charge in [0.05, 0.1) is 5.39 Å². The Hall–Kier alpha value is -1.59. The molecule has 64 valence electrons. The van der Waals surface area contributed by atoms with Crippen molar-refractivity contribution in [1.29, 1.82) is 5.39 Å². The van der Waals surface area contributed by atoms with Gasteiger partial charge in [0, 0.05) is 6.07 Å². The topological polar surface area (TPSA) is 28.1 Å². The second-order valence-corrected chi connectivity index (χ2v) is 2.60. The summed E-state index contributed by atoms with van der Waals surface area (Å²) in [6.45, 7) is 0. The molecule has 0 amide bonds. The van der Waals surface area contributed by atoms with E-state index < -0.39 is 0 Å². The first-order valence-electron chi connectivity index (χ1n) is 3.74. The maximum Gasteiger partial charge on any atom is 0.392 e. The van der Waals surface area contributed by atoms with Crippen LogP contribution in [0.2, 0.25) is 0 Å². The molecule has 0 aliphatic rings. The Morgan fingerprint density at radius 1 is 0.923 bits per heavy atom. The van der Waals surface area contributed by atoms with Crippen LogP contribution in [0.1, 0.15) is 0 Å². The molecule has 0 saturated heterocycles. The van der Waals surface area contributed by atoms with Crippen LogP contribution in [0.5, 0.6) is 0 Å². The first kappa shape index (κ1) is 9.50. The molecular weight excluding hydrogens is 184 g/mol. The van der Waals surface area contributed by atoms with E-state index in [0.29, 0.717) is 5.69 Å². The molecule has 2 aromatic carbocycles. The molecule has 2 nitrogen and oxygen atoms in total. The second kappa shape index (κ2) is 3.88. The summed E-state index contributed by atoms with van der Waals surface area (Å²) >= 11 is 0. The van der Waals surface area contributed by atoms with Gasteiger partial charge in [-0.15, -0.1) is 0 Å². The van der Waals surface area contributed by atoms with Crippen molar-refractivity contribution in [2.45, 2.75) is 0 Å². The summed E-state index contributed by atoms with van der Waals surface area (Å²) in [5, 5.41) is 10.7. The molecule has 0 radical (unpaired) electrons. The average molecular weight is 191 g/mol. The summed E-state index contributed by atoms with van der Waals surface area (Å²) in [6.07, 6.45) is 0. The third-order valence-corrected chi connectivity index (χ3v) is 1.87. The van der Waals surface area contributed by atoms with E-state index in [9.17, 15) is 0 Å². The lowest BCUT2D eigenvalue weighted by Gasteiger charge is -1.90. The molecule has 0 fully saturated rings. The third-order valence-electron chi connectivity index (χ3n) is 1.87. The summed E-state index contributed by atoms with van der Waals surface area (Å²) in [7, 11) is 0. The smallest absolute Gasteiger partial charge is 0.392 e. The van der Waals surface area contributed by atoms with E-state index in [1.165, 1.54) is 0 Å². The highest BCUT2D eigenvalue weighted by atomic mass is 35.5. The van der Waals surface area contributed by atoms with Crippen molar-refractivity contribution in [3.8, 4) is 0 Å². The normalized spacial score (nSPS) is 8.85. The van der Waals surface area contributed by atoms with Crippen molar-refractivity contribution >= 4 is 16.5 Å². The Kier molecular flexibility index (Phi) is 2.84. The van der Waals surface area contributed by atoms with Gasteiger partial charge in [-0.25, -0.2) is 0 Å². The second-order valence-electron chi connectivity index (χ2n) is 2.60. The van der Waals surface area contributed by atoms with Gasteiger partial charge in [-0.3, -0.25) is 0 Å². The average Bonchev–Trinajstić information content (AvgIpc) is 2.17. The van der Waals surface area contributed by atoms with Crippen LogP contribution in [0.15, 0.2) is 42.5 Å². The van der Waals surface area contributed by atoms with Crippen molar-refractivity contribution in [3.05, 3.63) is 47.4 Å². The van der Waals surface area contributed by atoms with E-state index in [2.05, 4.69) is 4.98 Å². The minimum atomic E-state index is 0. The van der Waals surface area contributed by atoms with Crippen molar-refractivity contribution in [2.75, 3.05) is 0 Å². The Balaban J connectivity index is 0.000000845. The van der Waals surface area contributed by atoms with Gasteiger partial charge < -0.3 is 12.4 Å². The number of diazo groups is 1. The van der Waals surface area contributed by atoms with Crippen LogP contribution in [-0.2, 0) is 0 Å². The third kappa shape index (κ3) is 1.61. The molecule has 0 N–H and O–H groups in total. The van der Waals surface area contributed by atoms with Gasteiger partial charge in [-0.2, -0.15) is 0 Å². The molecule has 0 heterocycles. The van der Waals surface area contributed by atoms with E-state index in [1.807, 2.05) is 36.4 Å². The van der Waals surface area contributed by atoms with Gasteiger partial charge in [0.1, 0.15) is 0 Å². The van der Waals surface area contributed by atoms with Crippen LogP contribution < -0.4 is 12.4 Å². The van der Waals surface area contributed by atoms with Crippen LogP contribution in [0.3, 0.4) is 0 Å². The molecule has 0 aromatic heterocycles. The van der Waals surface area contributed by atoms with Crippen molar-refractivity contribution in [3.63, 3.8) is 0 Å². The number of benzene rings is 2. The van der Waals surface area contributed by atoms with Crippen LogP contribution >= 0.6 is 0 Å². The van der Waals surface area contributed by atoms with Crippen molar-refractivity contribution in [2.24, 2.45) is 0 Å². The van der Waals surface area contributed by atoms with Gasteiger partial charge >= 0.3 is 5.69 Å². The van der Waals surface area contributed by atoms with E-state index in [1.54, 1.807) is 6.07 Å². The Bertz CT molecular complexity index is 454. The zero-order valence-corrected chi connectivity index (χ0v) is 7.57. The van der Waals surface area contributed by atoms with Gasteiger partial charge in [0.15, 0.2) is 4.98 Å². The Morgan fingerprint density at radius 2 is 1.62 bits per heavy atom. The fourth-order valence-electron chi connectivity index (χ4n) is 1.30. The van der Waals surface area contributed by atoms with Gasteiger partial charge in [0.2, 0.25) is 5.39 Å². The number of hydrogen-bond acceptors (Lipinski definition) is 1. The van der Waals surface area contributed by atoms with Gasteiger partial charge in [0.25, 0.3) is 0 Å². The van der Waals surface area contributed by atoms with Crippen LogP contribution in [0.4, 0.5) is 5.69 Å². The lowest BCUT2D eigenvalue weighted by molar-refractivity contribution is -0.00000255. The number of fused-ring (bicyclic) bond motifs is 1. The molecule has 3 heteroatoms.